The van der Waals surface area contributed by atoms with Crippen LogP contribution in [-0.2, 0) is 18.1 Å². The molecule has 2 amide bonds. The van der Waals surface area contributed by atoms with Gasteiger partial charge in [-0.05, 0) is 54.7 Å². The van der Waals surface area contributed by atoms with Crippen molar-refractivity contribution in [2.45, 2.75) is 56.8 Å². The lowest BCUT2D eigenvalue weighted by Crippen LogP contribution is -2.54. The maximum absolute atomic E-state index is 13.9. The van der Waals surface area contributed by atoms with Gasteiger partial charge in [0.25, 0.3) is 0 Å². The van der Waals surface area contributed by atoms with Crippen LogP contribution in [0.3, 0.4) is 0 Å². The molecule has 0 bridgehead atoms. The number of amides is 2. The highest BCUT2D eigenvalue weighted by molar-refractivity contribution is 6.30. The highest BCUT2D eigenvalue weighted by Gasteiger charge is 2.42. The number of hydrogen-bond acceptors (Lipinski definition) is 2. The van der Waals surface area contributed by atoms with Gasteiger partial charge in [0.05, 0.1) is 16.3 Å². The van der Waals surface area contributed by atoms with E-state index in [1.54, 1.807) is 18.2 Å². The monoisotopic (exact) mass is 501 g/mol. The topological polar surface area (TPSA) is 54.0 Å². The number of carbonyl (C=O) groups is 1. The summed E-state index contributed by atoms with van der Waals surface area (Å²) in [6.45, 7) is 1.43. The van der Waals surface area contributed by atoms with Gasteiger partial charge in [-0.25, -0.2) is 4.79 Å². The molecule has 2 N–H and O–H groups in total. The van der Waals surface area contributed by atoms with Crippen LogP contribution in [0.2, 0.25) is 5.02 Å². The second-order valence-corrected chi connectivity index (χ2v) is 9.42. The Kier molecular flexibility index (Phi) is 7.36. The molecular formula is C27H27ClF3N3O. The fourth-order valence-electron chi connectivity index (χ4n) is 4.92. The molecule has 0 radical (unpaired) electrons. The zero-order chi connectivity index (χ0) is 25.1. The molecule has 1 saturated carbocycles. The Morgan fingerprint density at radius 1 is 1.00 bits per heavy atom. The first-order chi connectivity index (χ1) is 16.7. The molecule has 8 heteroatoms. The zero-order valence-electron chi connectivity index (χ0n) is 19.3. The Balaban J connectivity index is 1.90. The number of rotatable bonds is 6. The molecule has 1 atom stereocenters. The number of hydrogen-bond donors (Lipinski definition) is 2. The van der Waals surface area contributed by atoms with Crippen LogP contribution in [0, 0.1) is 6.92 Å². The molecule has 4 nitrogen and oxygen atoms in total. The fraction of sp³-hybridized carbons (Fsp3) is 0.333. The van der Waals surface area contributed by atoms with Gasteiger partial charge in [0.1, 0.15) is 5.54 Å². The average molecular weight is 502 g/mol. The number of alkyl halides is 3. The molecule has 1 aliphatic rings. The summed E-state index contributed by atoms with van der Waals surface area (Å²) in [5.74, 6) is 0. The van der Waals surface area contributed by atoms with E-state index in [0.29, 0.717) is 16.3 Å². The SMILES string of the molecule is Cc1c(C(F)(F)F)cccc1[C@@](Cc1ccccc1)(NC(=O)NC1CCCC1)c1ccc(Cl)cn1. The molecular weight excluding hydrogens is 475 g/mol. The van der Waals surface area contributed by atoms with E-state index < -0.39 is 23.3 Å². The van der Waals surface area contributed by atoms with Crippen LogP contribution in [0.15, 0.2) is 66.9 Å². The van der Waals surface area contributed by atoms with Crippen LogP contribution in [0.1, 0.15) is 53.6 Å². The maximum atomic E-state index is 13.9. The lowest BCUT2D eigenvalue weighted by Gasteiger charge is -2.37. The Labute approximate surface area is 207 Å². The molecule has 0 spiro atoms. The second-order valence-electron chi connectivity index (χ2n) is 8.99. The Hall–Kier alpha value is -3.06. The summed E-state index contributed by atoms with van der Waals surface area (Å²) in [5, 5.41) is 6.45. The molecule has 2 aromatic carbocycles. The highest BCUT2D eigenvalue weighted by atomic mass is 35.5. The van der Waals surface area contributed by atoms with Crippen molar-refractivity contribution in [2.24, 2.45) is 0 Å². The van der Waals surface area contributed by atoms with E-state index >= 15 is 0 Å². The van der Waals surface area contributed by atoms with E-state index in [-0.39, 0.29) is 18.0 Å². The summed E-state index contributed by atoms with van der Waals surface area (Å²) in [6, 6.07) is 16.3. The highest BCUT2D eigenvalue weighted by Crippen LogP contribution is 2.40. The summed E-state index contributed by atoms with van der Waals surface area (Å²) in [5.41, 5.74) is -0.530. The minimum atomic E-state index is -4.54. The van der Waals surface area contributed by atoms with E-state index in [2.05, 4.69) is 15.6 Å². The number of benzene rings is 2. The molecule has 1 fully saturated rings. The molecule has 4 rings (SSSR count). The predicted molar refractivity (Wildman–Crippen MR) is 130 cm³/mol. The molecule has 3 aromatic rings. The summed E-state index contributed by atoms with van der Waals surface area (Å²) in [7, 11) is 0. The third kappa shape index (κ3) is 5.61. The zero-order valence-corrected chi connectivity index (χ0v) is 20.1. The molecule has 0 aliphatic heterocycles. The normalized spacial score (nSPS) is 16.0. The molecule has 35 heavy (non-hydrogen) atoms. The van der Waals surface area contributed by atoms with Gasteiger partial charge in [0.15, 0.2) is 0 Å². The number of aromatic nitrogens is 1. The minimum absolute atomic E-state index is 0.0326. The van der Waals surface area contributed by atoms with Gasteiger partial charge >= 0.3 is 12.2 Å². The van der Waals surface area contributed by atoms with E-state index in [1.165, 1.54) is 19.2 Å². The number of nitrogens with zero attached hydrogens (tertiary/aromatic N) is 1. The third-order valence-electron chi connectivity index (χ3n) is 6.59. The first-order valence-electron chi connectivity index (χ1n) is 11.6. The lowest BCUT2D eigenvalue weighted by molar-refractivity contribution is -0.138. The first-order valence-corrected chi connectivity index (χ1v) is 12.0. The number of pyridine rings is 1. The maximum Gasteiger partial charge on any atom is 0.416 e. The van der Waals surface area contributed by atoms with E-state index in [4.69, 9.17) is 11.6 Å². The van der Waals surface area contributed by atoms with Gasteiger partial charge < -0.3 is 10.6 Å². The average Bonchev–Trinajstić information content (AvgIpc) is 3.32. The van der Waals surface area contributed by atoms with Crippen LogP contribution < -0.4 is 10.6 Å². The molecule has 0 saturated heterocycles. The summed E-state index contributed by atoms with van der Waals surface area (Å²) in [4.78, 5) is 17.8. The minimum Gasteiger partial charge on any atom is -0.335 e. The molecule has 1 aliphatic carbocycles. The Morgan fingerprint density at radius 2 is 1.69 bits per heavy atom. The summed E-state index contributed by atoms with van der Waals surface area (Å²) < 4.78 is 41.7. The van der Waals surface area contributed by atoms with Crippen molar-refractivity contribution in [3.8, 4) is 0 Å². The fourth-order valence-corrected chi connectivity index (χ4v) is 5.03. The van der Waals surface area contributed by atoms with Crippen molar-refractivity contribution >= 4 is 17.6 Å². The van der Waals surface area contributed by atoms with Gasteiger partial charge in [-0.1, -0.05) is 66.9 Å². The second kappa shape index (κ2) is 10.3. The number of urea groups is 1. The first kappa shape index (κ1) is 25.0. The third-order valence-corrected chi connectivity index (χ3v) is 6.82. The van der Waals surface area contributed by atoms with Crippen LogP contribution >= 0.6 is 11.6 Å². The molecule has 184 valence electrons. The van der Waals surface area contributed by atoms with Gasteiger partial charge in [-0.2, -0.15) is 13.2 Å². The summed E-state index contributed by atoms with van der Waals surface area (Å²) >= 11 is 6.09. The van der Waals surface area contributed by atoms with Crippen molar-refractivity contribution in [3.63, 3.8) is 0 Å². The Morgan fingerprint density at radius 3 is 2.31 bits per heavy atom. The van der Waals surface area contributed by atoms with E-state index in [9.17, 15) is 18.0 Å². The summed E-state index contributed by atoms with van der Waals surface area (Å²) in [6.07, 6.45) is 0.913. The standard InChI is InChI=1S/C27H27ClF3N3O/c1-18-22(12-7-13-23(18)27(29,30)31)26(16-19-8-3-2-4-9-19,24-15-14-20(28)17-32-24)34-25(35)33-21-10-5-6-11-21/h2-4,7-9,12-15,17,21H,5-6,10-11,16H2,1H3,(H2,33,34,35)/t26-/m1/s1. The largest absolute Gasteiger partial charge is 0.416 e. The van der Waals surface area contributed by atoms with Gasteiger partial charge in [0.2, 0.25) is 0 Å². The van der Waals surface area contributed by atoms with Crippen LogP contribution in [0.5, 0.6) is 0 Å². The van der Waals surface area contributed by atoms with Crippen molar-refractivity contribution in [3.05, 3.63) is 99.8 Å². The van der Waals surface area contributed by atoms with Gasteiger partial charge in [-0.3, -0.25) is 4.98 Å². The van der Waals surface area contributed by atoms with Gasteiger partial charge in [0, 0.05) is 18.7 Å². The number of halogens is 4. The quantitative estimate of drug-likeness (QED) is 0.390. The number of carbonyl (C=O) groups excluding carboxylic acids is 1. The lowest BCUT2D eigenvalue weighted by atomic mass is 9.77. The molecule has 1 aromatic heterocycles. The Bertz CT molecular complexity index is 1160. The van der Waals surface area contributed by atoms with E-state index in [1.807, 2.05) is 30.3 Å². The van der Waals surface area contributed by atoms with E-state index in [0.717, 1.165) is 37.3 Å². The van der Waals surface area contributed by atoms with Crippen LogP contribution in [0.4, 0.5) is 18.0 Å². The smallest absolute Gasteiger partial charge is 0.335 e. The van der Waals surface area contributed by atoms with Crippen molar-refractivity contribution < 1.29 is 18.0 Å². The van der Waals surface area contributed by atoms with Crippen LogP contribution in [-0.4, -0.2) is 17.1 Å². The van der Waals surface area contributed by atoms with Crippen molar-refractivity contribution in [2.75, 3.05) is 0 Å². The predicted octanol–water partition coefficient (Wildman–Crippen LogP) is 6.79. The molecule has 0 unspecified atom stereocenters. The van der Waals surface area contributed by atoms with Crippen LogP contribution in [0.25, 0.3) is 0 Å². The van der Waals surface area contributed by atoms with Crippen molar-refractivity contribution in [1.29, 1.82) is 0 Å². The molecule has 1 heterocycles. The van der Waals surface area contributed by atoms with Crippen molar-refractivity contribution in [1.82, 2.24) is 15.6 Å². The van der Waals surface area contributed by atoms with Gasteiger partial charge in [-0.15, -0.1) is 0 Å². The number of nitrogens with one attached hydrogen (secondary N) is 2.